The number of allylic oxidation sites excluding steroid dienone is 2. The van der Waals surface area contributed by atoms with Crippen LogP contribution in [0.15, 0.2) is 47.4 Å². The molecule has 0 aliphatic carbocycles. The minimum absolute atomic E-state index is 0. The minimum atomic E-state index is -4.82. The fourth-order valence-corrected chi connectivity index (χ4v) is 5.73. The average Bonchev–Trinajstić information content (AvgIpc) is 3.04. The molecular formula is C38H61NaO7S. The molecular weight excluding hydrogens is 623 g/mol. The summed E-state index contributed by atoms with van der Waals surface area (Å²) in [4.78, 5) is 25.0. The van der Waals surface area contributed by atoms with Gasteiger partial charge in [0.1, 0.15) is 10.1 Å². The van der Waals surface area contributed by atoms with E-state index in [1.54, 1.807) is 0 Å². The van der Waals surface area contributed by atoms with Crippen molar-refractivity contribution in [1.29, 1.82) is 0 Å². The van der Waals surface area contributed by atoms with Gasteiger partial charge in [0.15, 0.2) is 0 Å². The third-order valence-electron chi connectivity index (χ3n) is 8.04. The van der Waals surface area contributed by atoms with E-state index in [2.05, 4.69) is 26.0 Å². The Balaban J connectivity index is 0.0000212. The van der Waals surface area contributed by atoms with Crippen LogP contribution in [0.5, 0.6) is 0 Å². The van der Waals surface area contributed by atoms with Crippen molar-refractivity contribution in [3.63, 3.8) is 0 Å². The molecule has 1 aromatic rings. The van der Waals surface area contributed by atoms with Gasteiger partial charge < -0.3 is 14.0 Å². The van der Waals surface area contributed by atoms with Gasteiger partial charge in [-0.15, -0.1) is 0 Å². The molecule has 262 valence electrons. The molecule has 0 aromatic heterocycles. The Bertz CT molecular complexity index is 1120. The number of esters is 2. The molecule has 7 nitrogen and oxygen atoms in total. The molecule has 0 fully saturated rings. The predicted octanol–water partition coefficient (Wildman–Crippen LogP) is 7.64. The molecule has 0 radical (unpaired) electrons. The first-order valence-corrected chi connectivity index (χ1v) is 19.5. The largest absolute Gasteiger partial charge is 1.00 e. The molecule has 0 aliphatic heterocycles. The van der Waals surface area contributed by atoms with Gasteiger partial charge in [0.05, 0.1) is 29.2 Å². The van der Waals surface area contributed by atoms with Crippen molar-refractivity contribution in [3.8, 4) is 0 Å². The van der Waals surface area contributed by atoms with Crippen LogP contribution in [0.3, 0.4) is 0 Å². The van der Waals surface area contributed by atoms with E-state index in [9.17, 15) is 22.6 Å². The molecule has 0 bridgehead atoms. The molecule has 0 amide bonds. The zero-order valence-corrected chi connectivity index (χ0v) is 32.6. The third kappa shape index (κ3) is 24.4. The molecule has 1 aromatic carbocycles. The van der Waals surface area contributed by atoms with Crippen molar-refractivity contribution < 1.29 is 61.6 Å². The molecule has 0 saturated carbocycles. The van der Waals surface area contributed by atoms with Crippen molar-refractivity contribution in [2.45, 2.75) is 160 Å². The van der Waals surface area contributed by atoms with E-state index in [0.717, 1.165) is 43.9 Å². The Kier molecular flexibility index (Phi) is 29.7. The summed E-state index contributed by atoms with van der Waals surface area (Å²) in [7, 11) is -4.82. The van der Waals surface area contributed by atoms with Crippen molar-refractivity contribution in [2.24, 2.45) is 0 Å². The number of hydrogen-bond donors (Lipinski definition) is 0. The van der Waals surface area contributed by atoms with Crippen molar-refractivity contribution in [3.05, 3.63) is 53.6 Å². The second kappa shape index (κ2) is 30.6. The molecule has 1 rings (SSSR count). The Morgan fingerprint density at radius 3 is 1.34 bits per heavy atom. The van der Waals surface area contributed by atoms with Crippen LogP contribution >= 0.6 is 0 Å². The summed E-state index contributed by atoms with van der Waals surface area (Å²) in [5.41, 5.74) is -0.418. The standard InChI is InChI=1S/C38H62O7S.Na/c1-3-5-7-9-11-13-15-17-19-21-23-25-27-31-44-37(39)35-30-29-34(46(41,42)43)33-36(35)38(40)45-32-28-26-24-22-20-18-16-14-12-10-8-6-4-2;/h23-26,29-30,33H,3-22,27-28,31-32H2,1-2H3,(H,41,42,43);/q;+1/p-1/b25-23+,26-24+;. The molecule has 0 aliphatic rings. The van der Waals surface area contributed by atoms with Gasteiger partial charge in [-0.1, -0.05) is 141 Å². The second-order valence-corrected chi connectivity index (χ2v) is 13.6. The molecule has 9 heteroatoms. The maximum Gasteiger partial charge on any atom is 1.00 e. The predicted molar refractivity (Wildman–Crippen MR) is 186 cm³/mol. The van der Waals surface area contributed by atoms with Gasteiger partial charge in [0.25, 0.3) is 0 Å². The zero-order chi connectivity index (χ0) is 33.7. The maximum atomic E-state index is 12.8. The van der Waals surface area contributed by atoms with Crippen LogP contribution in [-0.2, 0) is 19.6 Å². The van der Waals surface area contributed by atoms with Crippen LogP contribution in [0.25, 0.3) is 0 Å². The van der Waals surface area contributed by atoms with Gasteiger partial charge in [-0.2, -0.15) is 0 Å². The monoisotopic (exact) mass is 684 g/mol. The van der Waals surface area contributed by atoms with Crippen LogP contribution in [0.1, 0.15) is 176 Å². The summed E-state index contributed by atoms with van der Waals surface area (Å²) in [6, 6.07) is 3.04. The fraction of sp³-hybridized carbons (Fsp3) is 0.684. The first kappa shape index (κ1) is 45.6. The Morgan fingerprint density at radius 1 is 0.574 bits per heavy atom. The quantitative estimate of drug-likeness (QED) is 0.0280. The molecule has 0 N–H and O–H groups in total. The number of benzene rings is 1. The van der Waals surface area contributed by atoms with E-state index < -0.39 is 27.0 Å². The summed E-state index contributed by atoms with van der Waals surface area (Å²) in [6.07, 6.45) is 34.1. The number of carbonyl (C=O) groups excluding carboxylic acids is 2. The van der Waals surface area contributed by atoms with Crippen LogP contribution in [-0.4, -0.2) is 38.1 Å². The molecule has 47 heavy (non-hydrogen) atoms. The van der Waals surface area contributed by atoms with Crippen LogP contribution < -0.4 is 29.6 Å². The molecule has 0 heterocycles. The Labute approximate surface area is 308 Å². The number of unbranched alkanes of at least 4 members (excludes halogenated alkanes) is 18. The van der Waals surface area contributed by atoms with Crippen molar-refractivity contribution in [1.82, 2.24) is 0 Å². The fourth-order valence-electron chi connectivity index (χ4n) is 5.24. The molecule has 0 unspecified atom stereocenters. The topological polar surface area (TPSA) is 110 Å². The minimum Gasteiger partial charge on any atom is -0.744 e. The normalized spacial score (nSPS) is 11.6. The zero-order valence-electron chi connectivity index (χ0n) is 29.8. The third-order valence-corrected chi connectivity index (χ3v) is 8.87. The van der Waals surface area contributed by atoms with Crippen molar-refractivity contribution in [2.75, 3.05) is 13.2 Å². The van der Waals surface area contributed by atoms with Crippen molar-refractivity contribution >= 4 is 22.1 Å². The summed E-state index contributed by atoms with van der Waals surface area (Å²) < 4.78 is 45.3. The van der Waals surface area contributed by atoms with E-state index in [-0.39, 0.29) is 53.9 Å². The number of rotatable bonds is 29. The van der Waals surface area contributed by atoms with E-state index >= 15 is 0 Å². The number of hydrogen-bond acceptors (Lipinski definition) is 7. The Morgan fingerprint density at radius 2 is 0.936 bits per heavy atom. The summed E-state index contributed by atoms with van der Waals surface area (Å²) in [5, 5.41) is 0. The molecule has 0 atom stereocenters. The number of ether oxygens (including phenoxy) is 2. The SMILES string of the molecule is CCCCCCCCCCC/C=C/CCOC(=O)c1ccc(S(=O)(=O)[O-])cc1C(=O)OCC/C=C/CCCCCCCCCCC.[Na+]. The van der Waals surface area contributed by atoms with E-state index in [0.29, 0.717) is 12.8 Å². The van der Waals surface area contributed by atoms with Crippen LogP contribution in [0, 0.1) is 0 Å². The van der Waals surface area contributed by atoms with E-state index in [1.807, 2.05) is 12.2 Å². The number of carbonyl (C=O) groups is 2. The molecule has 0 saturated heterocycles. The van der Waals surface area contributed by atoms with Crippen LogP contribution in [0.2, 0.25) is 0 Å². The summed E-state index contributed by atoms with van der Waals surface area (Å²) in [5.74, 6) is -1.64. The summed E-state index contributed by atoms with van der Waals surface area (Å²) in [6.45, 7) is 4.65. The Hall–Kier alpha value is -1.45. The first-order chi connectivity index (χ1) is 22.3. The van der Waals surface area contributed by atoms with Gasteiger partial charge in [-0.25, -0.2) is 18.0 Å². The van der Waals surface area contributed by atoms with Gasteiger partial charge in [-0.3, -0.25) is 0 Å². The van der Waals surface area contributed by atoms with Gasteiger partial charge in [0, 0.05) is 0 Å². The summed E-state index contributed by atoms with van der Waals surface area (Å²) >= 11 is 0. The molecule has 0 spiro atoms. The van der Waals surface area contributed by atoms with Gasteiger partial charge in [-0.05, 0) is 56.7 Å². The smallest absolute Gasteiger partial charge is 0.744 e. The first-order valence-electron chi connectivity index (χ1n) is 18.0. The van der Waals surface area contributed by atoms with Crippen LogP contribution in [0.4, 0.5) is 0 Å². The van der Waals surface area contributed by atoms with E-state index in [1.165, 1.54) is 103 Å². The average molecular weight is 685 g/mol. The second-order valence-electron chi connectivity index (χ2n) is 12.2. The van der Waals surface area contributed by atoms with E-state index in [4.69, 9.17) is 9.47 Å². The van der Waals surface area contributed by atoms with Gasteiger partial charge >= 0.3 is 41.5 Å². The maximum absolute atomic E-state index is 12.8. The van der Waals surface area contributed by atoms with Gasteiger partial charge in [0.2, 0.25) is 0 Å².